The molecule has 0 aromatic rings. The fraction of sp³-hybridized carbons (Fsp3) is 0.692. The van der Waals surface area contributed by atoms with Crippen LogP contribution in [0.2, 0.25) is 0 Å². The van der Waals surface area contributed by atoms with Crippen molar-refractivity contribution in [2.24, 2.45) is 0 Å². The maximum atomic E-state index is 12.0. The predicted octanol–water partition coefficient (Wildman–Crippen LogP) is 1.27. The zero-order chi connectivity index (χ0) is 12.1. The van der Waals surface area contributed by atoms with Crippen molar-refractivity contribution in [2.75, 3.05) is 6.54 Å². The highest BCUT2D eigenvalue weighted by atomic mass is 16.2. The largest absolute Gasteiger partial charge is 0.354 e. The molecule has 1 atom stereocenters. The van der Waals surface area contributed by atoms with E-state index in [2.05, 4.69) is 10.6 Å². The zero-order valence-electron chi connectivity index (χ0n) is 10.1. The summed E-state index contributed by atoms with van der Waals surface area (Å²) in [6, 6.07) is -0.340. The maximum absolute atomic E-state index is 12.0. The van der Waals surface area contributed by atoms with Crippen molar-refractivity contribution in [1.29, 1.82) is 0 Å². The van der Waals surface area contributed by atoms with Gasteiger partial charge in [0, 0.05) is 12.1 Å². The lowest BCUT2D eigenvalue weighted by atomic mass is 9.98. The van der Waals surface area contributed by atoms with Crippen molar-refractivity contribution in [3.63, 3.8) is 0 Å². The molecule has 94 valence electrons. The van der Waals surface area contributed by atoms with E-state index in [1.165, 1.54) is 6.42 Å². The first-order chi connectivity index (χ1) is 8.27. The van der Waals surface area contributed by atoms with Gasteiger partial charge in [-0.2, -0.15) is 0 Å². The summed E-state index contributed by atoms with van der Waals surface area (Å²) in [5, 5.41) is 5.69. The number of nitrogens with one attached hydrogen (secondary N) is 2. The highest BCUT2D eigenvalue weighted by molar-refractivity contribution is 5.97. The average Bonchev–Trinajstić information content (AvgIpc) is 2.56. The fourth-order valence-electron chi connectivity index (χ4n) is 2.37. The van der Waals surface area contributed by atoms with Gasteiger partial charge in [-0.05, 0) is 44.9 Å². The number of amides is 2. The number of rotatable bonds is 2. The number of carbonyl (C=O) groups excluding carboxylic acids is 2. The van der Waals surface area contributed by atoms with Gasteiger partial charge in [0.1, 0.15) is 6.04 Å². The molecule has 1 saturated heterocycles. The summed E-state index contributed by atoms with van der Waals surface area (Å²) < 4.78 is 0. The SMILES string of the molecule is O=C(N[C@H]1CCCCNC1=O)C1=CCCCC1. The Kier molecular flexibility index (Phi) is 4.18. The van der Waals surface area contributed by atoms with Crippen LogP contribution in [0.15, 0.2) is 11.6 Å². The van der Waals surface area contributed by atoms with E-state index in [4.69, 9.17) is 0 Å². The van der Waals surface area contributed by atoms with Crippen molar-refractivity contribution in [3.05, 3.63) is 11.6 Å². The molecular formula is C13H20N2O2. The van der Waals surface area contributed by atoms with Gasteiger partial charge in [0.05, 0.1) is 0 Å². The molecule has 2 N–H and O–H groups in total. The number of hydrogen-bond donors (Lipinski definition) is 2. The van der Waals surface area contributed by atoms with Gasteiger partial charge in [0.25, 0.3) is 0 Å². The van der Waals surface area contributed by atoms with Crippen LogP contribution in [0.25, 0.3) is 0 Å². The molecule has 2 aliphatic rings. The van der Waals surface area contributed by atoms with Crippen molar-refractivity contribution in [2.45, 2.75) is 51.0 Å². The molecule has 17 heavy (non-hydrogen) atoms. The second-order valence-electron chi connectivity index (χ2n) is 4.79. The highest BCUT2D eigenvalue weighted by Gasteiger charge is 2.23. The Morgan fingerprint density at radius 2 is 2.18 bits per heavy atom. The van der Waals surface area contributed by atoms with Gasteiger partial charge in [-0.3, -0.25) is 9.59 Å². The standard InChI is InChI=1S/C13H20N2O2/c16-12(10-6-2-1-3-7-10)15-11-8-4-5-9-14-13(11)17/h6,11H,1-5,7-9H2,(H,14,17)(H,15,16)/t11-/m0/s1. The first kappa shape index (κ1) is 12.1. The van der Waals surface area contributed by atoms with E-state index in [0.717, 1.165) is 50.6 Å². The summed E-state index contributed by atoms with van der Waals surface area (Å²) in [7, 11) is 0. The summed E-state index contributed by atoms with van der Waals surface area (Å²) in [4.78, 5) is 23.7. The van der Waals surface area contributed by atoms with Gasteiger partial charge in [-0.1, -0.05) is 6.08 Å². The third kappa shape index (κ3) is 3.32. The fourth-order valence-corrected chi connectivity index (χ4v) is 2.37. The maximum Gasteiger partial charge on any atom is 0.247 e. The van der Waals surface area contributed by atoms with E-state index in [0.29, 0.717) is 0 Å². The minimum absolute atomic E-state index is 0.0349. The van der Waals surface area contributed by atoms with Crippen LogP contribution >= 0.6 is 0 Å². The molecule has 0 aromatic heterocycles. The Morgan fingerprint density at radius 1 is 1.29 bits per heavy atom. The van der Waals surface area contributed by atoms with Crippen LogP contribution in [-0.2, 0) is 9.59 Å². The van der Waals surface area contributed by atoms with Crippen LogP contribution in [0.5, 0.6) is 0 Å². The molecule has 2 amide bonds. The third-order valence-corrected chi connectivity index (χ3v) is 3.42. The summed E-state index contributed by atoms with van der Waals surface area (Å²) in [5.41, 5.74) is 0.855. The topological polar surface area (TPSA) is 58.2 Å². The van der Waals surface area contributed by atoms with E-state index in [9.17, 15) is 9.59 Å². The van der Waals surface area contributed by atoms with Crippen LogP contribution < -0.4 is 10.6 Å². The molecule has 4 heteroatoms. The van der Waals surface area contributed by atoms with Crippen LogP contribution in [-0.4, -0.2) is 24.4 Å². The summed E-state index contributed by atoms with van der Waals surface area (Å²) in [6.07, 6.45) is 8.83. The number of carbonyl (C=O) groups is 2. The lowest BCUT2D eigenvalue weighted by molar-refractivity contribution is -0.127. The molecule has 0 unspecified atom stereocenters. The van der Waals surface area contributed by atoms with Crippen LogP contribution in [0, 0.1) is 0 Å². The molecule has 2 rings (SSSR count). The molecule has 1 heterocycles. The summed E-state index contributed by atoms with van der Waals surface area (Å²) in [6.45, 7) is 0.730. The Morgan fingerprint density at radius 3 is 2.94 bits per heavy atom. The molecule has 1 fully saturated rings. The highest BCUT2D eigenvalue weighted by Crippen LogP contribution is 2.17. The van der Waals surface area contributed by atoms with Crippen LogP contribution in [0.1, 0.15) is 44.9 Å². The lowest BCUT2D eigenvalue weighted by Crippen LogP contribution is -2.46. The smallest absolute Gasteiger partial charge is 0.247 e. The van der Waals surface area contributed by atoms with Crippen molar-refractivity contribution in [3.8, 4) is 0 Å². The molecule has 1 aliphatic carbocycles. The van der Waals surface area contributed by atoms with Crippen molar-refractivity contribution >= 4 is 11.8 Å². The summed E-state index contributed by atoms with van der Waals surface area (Å²) >= 11 is 0. The first-order valence-electron chi connectivity index (χ1n) is 6.55. The molecule has 0 bridgehead atoms. The van der Waals surface area contributed by atoms with Crippen molar-refractivity contribution < 1.29 is 9.59 Å². The van der Waals surface area contributed by atoms with Gasteiger partial charge in [0.15, 0.2) is 0 Å². The van der Waals surface area contributed by atoms with Gasteiger partial charge >= 0.3 is 0 Å². The van der Waals surface area contributed by atoms with Gasteiger partial charge in [-0.15, -0.1) is 0 Å². The van der Waals surface area contributed by atoms with E-state index in [1.54, 1.807) is 0 Å². The zero-order valence-corrected chi connectivity index (χ0v) is 10.1. The molecule has 4 nitrogen and oxygen atoms in total. The van der Waals surface area contributed by atoms with E-state index in [1.807, 2.05) is 6.08 Å². The number of hydrogen-bond acceptors (Lipinski definition) is 2. The third-order valence-electron chi connectivity index (χ3n) is 3.42. The normalized spacial score (nSPS) is 25.5. The molecule has 1 aliphatic heterocycles. The van der Waals surface area contributed by atoms with Gasteiger partial charge in [-0.25, -0.2) is 0 Å². The molecule has 0 radical (unpaired) electrons. The minimum atomic E-state index is -0.340. The second kappa shape index (κ2) is 5.84. The summed E-state index contributed by atoms with van der Waals surface area (Å²) in [5.74, 6) is -0.0843. The molecule has 0 spiro atoms. The average molecular weight is 236 g/mol. The monoisotopic (exact) mass is 236 g/mol. The van der Waals surface area contributed by atoms with E-state index in [-0.39, 0.29) is 17.9 Å². The Hall–Kier alpha value is -1.32. The Balaban J connectivity index is 1.92. The Labute approximate surface area is 102 Å². The second-order valence-corrected chi connectivity index (χ2v) is 4.79. The van der Waals surface area contributed by atoms with E-state index >= 15 is 0 Å². The van der Waals surface area contributed by atoms with Crippen molar-refractivity contribution in [1.82, 2.24) is 10.6 Å². The molecular weight excluding hydrogens is 216 g/mol. The number of allylic oxidation sites excluding steroid dienone is 1. The van der Waals surface area contributed by atoms with E-state index < -0.39 is 0 Å². The Bertz CT molecular complexity index is 336. The first-order valence-corrected chi connectivity index (χ1v) is 6.55. The van der Waals surface area contributed by atoms with Crippen LogP contribution in [0.4, 0.5) is 0 Å². The molecule has 0 saturated carbocycles. The molecule has 0 aromatic carbocycles. The van der Waals surface area contributed by atoms with Gasteiger partial charge in [0.2, 0.25) is 11.8 Å². The quantitative estimate of drug-likeness (QED) is 0.758. The lowest BCUT2D eigenvalue weighted by Gasteiger charge is -2.18. The van der Waals surface area contributed by atoms with Crippen LogP contribution in [0.3, 0.4) is 0 Å². The van der Waals surface area contributed by atoms with Gasteiger partial charge < -0.3 is 10.6 Å². The minimum Gasteiger partial charge on any atom is -0.354 e. The predicted molar refractivity (Wildman–Crippen MR) is 65.3 cm³/mol.